The number of hydrogen-bond donors (Lipinski definition) is 7. The third-order valence-corrected chi connectivity index (χ3v) is 4.68. The molecule has 0 aromatic carbocycles. The van der Waals surface area contributed by atoms with Gasteiger partial charge in [-0.05, 0) is 38.1 Å². The average molecular weight is 454 g/mol. The minimum atomic E-state index is -1.22. The molecule has 180 valence electrons. The molecule has 12 heteroatoms. The number of nitrogens with zero attached hydrogens (tertiary/aromatic N) is 1. The van der Waals surface area contributed by atoms with Gasteiger partial charge in [-0.25, -0.2) is 9.78 Å². The molecule has 0 saturated carbocycles. The van der Waals surface area contributed by atoms with Crippen LogP contribution in [0.5, 0.6) is 0 Å². The zero-order valence-corrected chi connectivity index (χ0v) is 18.6. The van der Waals surface area contributed by atoms with E-state index in [-0.39, 0.29) is 25.3 Å². The number of imidazole rings is 1. The second-order valence-corrected chi connectivity index (χ2v) is 8.04. The summed E-state index contributed by atoms with van der Waals surface area (Å²) in [5.74, 6) is -2.66. The number of amides is 3. The Morgan fingerprint density at radius 3 is 2.41 bits per heavy atom. The molecule has 1 heterocycles. The van der Waals surface area contributed by atoms with Crippen molar-refractivity contribution in [1.29, 1.82) is 0 Å². The second kappa shape index (κ2) is 14.1. The van der Waals surface area contributed by atoms with Gasteiger partial charge in [0, 0.05) is 18.3 Å². The van der Waals surface area contributed by atoms with Crippen LogP contribution in [-0.4, -0.2) is 70.0 Å². The van der Waals surface area contributed by atoms with Crippen LogP contribution in [0.25, 0.3) is 0 Å². The van der Waals surface area contributed by atoms with Gasteiger partial charge in [0.15, 0.2) is 0 Å². The van der Waals surface area contributed by atoms with Gasteiger partial charge in [-0.15, -0.1) is 0 Å². The maximum Gasteiger partial charge on any atom is 0.326 e. The summed E-state index contributed by atoms with van der Waals surface area (Å²) < 4.78 is 0. The van der Waals surface area contributed by atoms with Crippen molar-refractivity contribution in [2.24, 2.45) is 17.4 Å². The highest BCUT2D eigenvalue weighted by Gasteiger charge is 2.27. The number of aliphatic carboxylic acids is 1. The van der Waals surface area contributed by atoms with Gasteiger partial charge in [-0.2, -0.15) is 0 Å². The van der Waals surface area contributed by atoms with Crippen molar-refractivity contribution in [3.8, 4) is 0 Å². The van der Waals surface area contributed by atoms with E-state index in [1.54, 1.807) is 0 Å². The first-order valence-electron chi connectivity index (χ1n) is 10.7. The van der Waals surface area contributed by atoms with Gasteiger partial charge in [-0.3, -0.25) is 14.4 Å². The summed E-state index contributed by atoms with van der Waals surface area (Å²) in [5.41, 5.74) is 11.8. The normalized spacial score (nSPS) is 13.8. The number of carboxylic acids is 1. The van der Waals surface area contributed by atoms with Crippen molar-refractivity contribution in [3.63, 3.8) is 0 Å². The molecule has 0 spiro atoms. The Labute approximate surface area is 187 Å². The van der Waals surface area contributed by atoms with Crippen molar-refractivity contribution < 1.29 is 24.3 Å². The van der Waals surface area contributed by atoms with Crippen molar-refractivity contribution in [2.75, 3.05) is 13.1 Å². The third kappa shape index (κ3) is 10.4. The molecule has 0 fully saturated rings. The second-order valence-electron chi connectivity index (χ2n) is 8.04. The van der Waals surface area contributed by atoms with Gasteiger partial charge in [0.2, 0.25) is 17.7 Å². The first kappa shape index (κ1) is 27.0. The average Bonchev–Trinajstić information content (AvgIpc) is 3.23. The summed E-state index contributed by atoms with van der Waals surface area (Å²) in [7, 11) is 0. The van der Waals surface area contributed by atoms with E-state index in [0.717, 1.165) is 0 Å². The van der Waals surface area contributed by atoms with Gasteiger partial charge in [0.05, 0.1) is 18.9 Å². The molecule has 12 nitrogen and oxygen atoms in total. The standard InChI is InChI=1S/C20H35N7O5/c1-12(2)7-14(22)18(29)24-10-17(28)26-15(5-3-4-6-21)19(30)27-16(20(31)32)8-13-9-23-11-25-13/h9,11-12,14-16H,3-8,10,21-22H2,1-2H3,(H,23,25)(H,24,29)(H,26,28)(H,27,30)(H,31,32). The Morgan fingerprint density at radius 1 is 1.12 bits per heavy atom. The van der Waals surface area contributed by atoms with E-state index in [9.17, 15) is 24.3 Å². The largest absolute Gasteiger partial charge is 0.480 e. The SMILES string of the molecule is CC(C)CC(N)C(=O)NCC(=O)NC(CCCCN)C(=O)NC(Cc1cnc[nH]1)C(=O)O. The molecule has 0 bridgehead atoms. The van der Waals surface area contributed by atoms with E-state index in [0.29, 0.717) is 31.5 Å². The summed E-state index contributed by atoms with van der Waals surface area (Å²) in [5, 5.41) is 16.9. The number of aromatic nitrogens is 2. The fourth-order valence-corrected chi connectivity index (χ4v) is 3.01. The van der Waals surface area contributed by atoms with Gasteiger partial charge in [0.25, 0.3) is 0 Å². The number of nitrogens with two attached hydrogens (primary N) is 2. The molecule has 0 saturated heterocycles. The molecular formula is C20H35N7O5. The number of nitrogens with one attached hydrogen (secondary N) is 4. The van der Waals surface area contributed by atoms with E-state index < -0.39 is 41.8 Å². The summed E-state index contributed by atoms with van der Waals surface area (Å²) >= 11 is 0. The van der Waals surface area contributed by atoms with Crippen LogP contribution in [0.4, 0.5) is 0 Å². The molecule has 3 unspecified atom stereocenters. The highest BCUT2D eigenvalue weighted by atomic mass is 16.4. The molecule has 9 N–H and O–H groups in total. The third-order valence-electron chi connectivity index (χ3n) is 4.68. The van der Waals surface area contributed by atoms with Gasteiger partial charge < -0.3 is 37.5 Å². The lowest BCUT2D eigenvalue weighted by molar-refractivity contribution is -0.142. The number of rotatable bonds is 15. The van der Waals surface area contributed by atoms with E-state index in [1.165, 1.54) is 12.5 Å². The fourth-order valence-electron chi connectivity index (χ4n) is 3.01. The lowest BCUT2D eigenvalue weighted by atomic mass is 10.0. The van der Waals surface area contributed by atoms with Gasteiger partial charge in [-0.1, -0.05) is 13.8 Å². The van der Waals surface area contributed by atoms with Crippen LogP contribution in [0.3, 0.4) is 0 Å². The monoisotopic (exact) mass is 453 g/mol. The van der Waals surface area contributed by atoms with Crippen LogP contribution in [-0.2, 0) is 25.6 Å². The molecule has 0 aliphatic heterocycles. The van der Waals surface area contributed by atoms with Crippen molar-refractivity contribution in [2.45, 2.75) is 64.1 Å². The van der Waals surface area contributed by atoms with Gasteiger partial charge in [0.1, 0.15) is 12.1 Å². The Bertz CT molecular complexity index is 739. The number of carboxylic acid groups (broad SMARTS) is 1. The Hall–Kier alpha value is -2.99. The molecular weight excluding hydrogens is 418 g/mol. The molecule has 0 aliphatic rings. The Balaban J connectivity index is 2.69. The van der Waals surface area contributed by atoms with Crippen LogP contribution in [0.1, 0.15) is 45.2 Å². The zero-order chi connectivity index (χ0) is 24.1. The molecule has 1 aromatic rings. The maximum atomic E-state index is 12.7. The summed E-state index contributed by atoms with van der Waals surface area (Å²) in [6, 6.07) is -2.91. The first-order valence-corrected chi connectivity index (χ1v) is 10.7. The minimum Gasteiger partial charge on any atom is -0.480 e. The molecule has 32 heavy (non-hydrogen) atoms. The van der Waals surface area contributed by atoms with E-state index in [1.807, 2.05) is 13.8 Å². The van der Waals surface area contributed by atoms with Crippen molar-refractivity contribution in [3.05, 3.63) is 18.2 Å². The van der Waals surface area contributed by atoms with Crippen molar-refractivity contribution in [1.82, 2.24) is 25.9 Å². The molecule has 1 rings (SSSR count). The van der Waals surface area contributed by atoms with Crippen LogP contribution >= 0.6 is 0 Å². The highest BCUT2D eigenvalue weighted by Crippen LogP contribution is 2.05. The zero-order valence-electron chi connectivity index (χ0n) is 18.6. The smallest absolute Gasteiger partial charge is 0.326 e. The maximum absolute atomic E-state index is 12.7. The molecule has 0 aliphatic carbocycles. The fraction of sp³-hybridized carbons (Fsp3) is 0.650. The molecule has 1 aromatic heterocycles. The predicted molar refractivity (Wildman–Crippen MR) is 117 cm³/mol. The van der Waals surface area contributed by atoms with E-state index >= 15 is 0 Å². The number of carbonyl (C=O) groups excluding carboxylic acids is 3. The number of hydrogen-bond acceptors (Lipinski definition) is 7. The highest BCUT2D eigenvalue weighted by molar-refractivity contribution is 5.92. The Morgan fingerprint density at radius 2 is 1.84 bits per heavy atom. The molecule has 0 radical (unpaired) electrons. The van der Waals surface area contributed by atoms with Crippen LogP contribution in [0, 0.1) is 5.92 Å². The number of carbonyl (C=O) groups is 4. The minimum absolute atomic E-state index is 0.00827. The topological polar surface area (TPSA) is 205 Å². The van der Waals surface area contributed by atoms with Crippen molar-refractivity contribution >= 4 is 23.7 Å². The molecule has 3 atom stereocenters. The summed E-state index contributed by atoms with van der Waals surface area (Å²) in [6.07, 6.45) is 4.82. The number of unbranched alkanes of at least 4 members (excludes halogenated alkanes) is 1. The predicted octanol–water partition coefficient (Wildman–Crippen LogP) is -1.37. The van der Waals surface area contributed by atoms with Crippen LogP contribution < -0.4 is 27.4 Å². The quantitative estimate of drug-likeness (QED) is 0.157. The summed E-state index contributed by atoms with van der Waals surface area (Å²) in [6.45, 7) is 3.94. The number of H-pyrrole nitrogens is 1. The molecule has 3 amide bonds. The first-order chi connectivity index (χ1) is 15.1. The lowest BCUT2D eigenvalue weighted by Crippen LogP contribution is -2.54. The number of aromatic amines is 1. The van der Waals surface area contributed by atoms with Crippen LogP contribution in [0.2, 0.25) is 0 Å². The van der Waals surface area contributed by atoms with E-state index in [2.05, 4.69) is 25.9 Å². The Kier molecular flexibility index (Phi) is 12.0. The van der Waals surface area contributed by atoms with Gasteiger partial charge >= 0.3 is 5.97 Å². The van der Waals surface area contributed by atoms with E-state index in [4.69, 9.17) is 11.5 Å². The summed E-state index contributed by atoms with van der Waals surface area (Å²) in [4.78, 5) is 55.2. The van der Waals surface area contributed by atoms with Crippen LogP contribution in [0.15, 0.2) is 12.5 Å². The lowest BCUT2D eigenvalue weighted by Gasteiger charge is -2.22.